The Morgan fingerprint density at radius 1 is 0.811 bits per heavy atom. The van der Waals surface area contributed by atoms with Gasteiger partial charge in [-0.05, 0) is 91.5 Å². The van der Waals surface area contributed by atoms with Gasteiger partial charge in [0.25, 0.3) is 0 Å². The van der Waals surface area contributed by atoms with Crippen molar-refractivity contribution in [2.75, 3.05) is 54.0 Å². The molecule has 2 aromatic carbocycles. The fourth-order valence-electron chi connectivity index (χ4n) is 4.71. The predicted molar refractivity (Wildman–Crippen MR) is 217 cm³/mol. The molecule has 13 nitrogen and oxygen atoms in total. The first-order valence-electron chi connectivity index (χ1n) is 17.1. The molecule has 0 aromatic heterocycles. The van der Waals surface area contributed by atoms with E-state index in [-0.39, 0.29) is 37.2 Å². The lowest BCUT2D eigenvalue weighted by Gasteiger charge is -2.33. The number of carboxylic acids is 1. The number of aliphatic carboxylic acids is 1. The van der Waals surface area contributed by atoms with Crippen molar-refractivity contribution in [2.45, 2.75) is 85.9 Å². The molecule has 2 saturated heterocycles. The van der Waals surface area contributed by atoms with Crippen molar-refractivity contribution in [3.8, 4) is 12.8 Å². The average molecular weight is 785 g/mol. The maximum Gasteiger partial charge on any atom is 0.410 e. The fraction of sp³-hybridized carbons (Fsp3) is 0.526. The molecule has 53 heavy (non-hydrogen) atoms. The third-order valence-corrected chi connectivity index (χ3v) is 7.08. The molecule has 2 aliphatic heterocycles. The van der Waals surface area contributed by atoms with Gasteiger partial charge in [0.15, 0.2) is 0 Å². The summed E-state index contributed by atoms with van der Waals surface area (Å²) in [5, 5.41) is 11.9. The van der Waals surface area contributed by atoms with Crippen LogP contribution in [0.3, 0.4) is 0 Å². The van der Waals surface area contributed by atoms with Gasteiger partial charge in [-0.25, -0.2) is 9.59 Å². The summed E-state index contributed by atoms with van der Waals surface area (Å²) in [7, 11) is 0. The Morgan fingerprint density at radius 2 is 1.17 bits per heavy atom. The van der Waals surface area contributed by atoms with Crippen molar-refractivity contribution in [3.05, 3.63) is 48.5 Å². The lowest BCUT2D eigenvalue weighted by Crippen LogP contribution is -2.45. The number of nitrogen functional groups attached to an aromatic ring is 3. The molecule has 2 heterocycles. The van der Waals surface area contributed by atoms with E-state index < -0.39 is 29.2 Å². The van der Waals surface area contributed by atoms with Crippen LogP contribution in [0.15, 0.2) is 48.5 Å². The standard InChI is InChI=1S/C17H25N3O3.C11H19NO4.C6H8N2.C2H2.CH2Cl2.CH4/c1-17(2,3)23-16(22)20-10-6-7-12(11-20)15(21)19-14-9-5-4-8-13(14)18;1-11(2,3)16-10(15)12-6-4-5-8(7-12)9(13)14;7-5-3-1-2-4-6(5)8;1-2;2-1-3;/h4-5,8-9,12H,6-7,10-11,18H2,1-3H3,(H,19,21);8H,4-7H2,1-3H3,(H,13,14);1-4H,7-8H2;1-2H;1H2;1H4/t12-;8-;;;;/m00..../s1/i;;;1D;;. The van der Waals surface area contributed by atoms with Crippen LogP contribution < -0.4 is 22.5 Å². The van der Waals surface area contributed by atoms with E-state index in [4.69, 9.17) is 56.4 Å². The lowest BCUT2D eigenvalue weighted by molar-refractivity contribution is -0.143. The molecular formula is C38H60Cl2N6O7. The second-order valence-corrected chi connectivity index (χ2v) is 14.5. The van der Waals surface area contributed by atoms with Crippen LogP contribution in [-0.4, -0.2) is 81.7 Å². The number of likely N-dealkylation sites (tertiary alicyclic amines) is 2. The first kappa shape index (κ1) is 48.5. The van der Waals surface area contributed by atoms with E-state index in [9.17, 15) is 19.2 Å². The zero-order valence-corrected chi connectivity index (χ0v) is 32.5. The lowest BCUT2D eigenvalue weighted by atomic mass is 9.97. The zero-order valence-electron chi connectivity index (χ0n) is 32.0. The minimum Gasteiger partial charge on any atom is -0.481 e. The van der Waals surface area contributed by atoms with Crippen molar-refractivity contribution < 1.29 is 35.1 Å². The van der Waals surface area contributed by atoms with E-state index >= 15 is 0 Å². The van der Waals surface area contributed by atoms with Gasteiger partial charge in [-0.1, -0.05) is 31.7 Å². The number of piperidine rings is 2. The van der Waals surface area contributed by atoms with Crippen LogP contribution in [0.25, 0.3) is 0 Å². The number of nitrogens with two attached hydrogens (primary N) is 3. The normalized spacial score (nSPS) is 16.4. The summed E-state index contributed by atoms with van der Waals surface area (Å²) < 4.78 is 16.3. The van der Waals surface area contributed by atoms with Gasteiger partial charge in [-0.2, -0.15) is 0 Å². The predicted octanol–water partition coefficient (Wildman–Crippen LogP) is 7.73. The maximum absolute atomic E-state index is 12.4. The number of alkyl halides is 2. The summed E-state index contributed by atoms with van der Waals surface area (Å²) in [6.45, 7) is 12.7. The zero-order chi connectivity index (χ0) is 40.8. The molecular weight excluding hydrogens is 723 g/mol. The number of hydrogen-bond donors (Lipinski definition) is 5. The summed E-state index contributed by atoms with van der Waals surface area (Å²) in [5.74, 6) is -1.67. The highest BCUT2D eigenvalue weighted by Crippen LogP contribution is 2.23. The number of nitrogens with one attached hydrogen (secondary N) is 1. The number of rotatable bonds is 3. The highest BCUT2D eigenvalue weighted by molar-refractivity contribution is 6.40. The molecule has 8 N–H and O–H groups in total. The van der Waals surface area contributed by atoms with Crippen LogP contribution in [0.1, 0.15) is 76.0 Å². The number of halogens is 2. The summed E-state index contributed by atoms with van der Waals surface area (Å²) in [6.07, 6.45) is 7.86. The van der Waals surface area contributed by atoms with Crippen LogP contribution in [0.4, 0.5) is 32.3 Å². The monoisotopic (exact) mass is 783 g/mol. The van der Waals surface area contributed by atoms with Crippen LogP contribution >= 0.6 is 23.2 Å². The first-order chi connectivity index (χ1) is 24.7. The number of terminal acetylenes is 1. The smallest absolute Gasteiger partial charge is 0.410 e. The van der Waals surface area contributed by atoms with E-state index in [2.05, 4.69) is 11.7 Å². The molecule has 0 aliphatic carbocycles. The second kappa shape index (κ2) is 25.4. The van der Waals surface area contributed by atoms with Crippen LogP contribution in [0, 0.1) is 24.7 Å². The average Bonchev–Trinajstić information content (AvgIpc) is 3.07. The van der Waals surface area contributed by atoms with Gasteiger partial charge in [-0.15, -0.1) is 36.0 Å². The third-order valence-electron chi connectivity index (χ3n) is 7.08. The molecule has 3 amide bonds. The molecule has 15 heteroatoms. The Balaban J connectivity index is 0. The Kier molecular flexibility index (Phi) is 23.3. The van der Waals surface area contributed by atoms with E-state index in [0.717, 1.165) is 19.3 Å². The van der Waals surface area contributed by atoms with Crippen molar-refractivity contribution in [2.24, 2.45) is 11.8 Å². The van der Waals surface area contributed by atoms with Crippen LogP contribution in [-0.2, 0) is 19.1 Å². The number of ether oxygens (including phenoxy) is 2. The van der Waals surface area contributed by atoms with Gasteiger partial charge >= 0.3 is 18.2 Å². The van der Waals surface area contributed by atoms with E-state index in [0.29, 0.717) is 48.8 Å². The summed E-state index contributed by atoms with van der Waals surface area (Å²) >= 11 is 9.53. The number of para-hydroxylation sites is 4. The Morgan fingerprint density at radius 3 is 1.53 bits per heavy atom. The van der Waals surface area contributed by atoms with Crippen LogP contribution in [0.5, 0.6) is 0 Å². The number of carbonyl (C=O) groups excluding carboxylic acids is 3. The number of anilines is 4. The highest BCUT2D eigenvalue weighted by atomic mass is 35.5. The largest absolute Gasteiger partial charge is 0.481 e. The second-order valence-electron chi connectivity index (χ2n) is 13.7. The molecule has 0 spiro atoms. The van der Waals surface area contributed by atoms with Crippen molar-refractivity contribution in [1.82, 2.24) is 9.80 Å². The number of carbonyl (C=O) groups is 4. The molecule has 2 aliphatic rings. The molecule has 2 aromatic rings. The number of carboxylic acid groups (broad SMARTS) is 1. The van der Waals surface area contributed by atoms with Gasteiger partial charge in [0, 0.05) is 26.2 Å². The van der Waals surface area contributed by atoms with Gasteiger partial charge in [-0.3, -0.25) is 9.59 Å². The fourth-order valence-corrected chi connectivity index (χ4v) is 4.71. The van der Waals surface area contributed by atoms with Gasteiger partial charge in [0.1, 0.15) is 12.6 Å². The molecule has 298 valence electrons. The third kappa shape index (κ3) is 21.6. The van der Waals surface area contributed by atoms with E-state index in [1.807, 2.05) is 45.0 Å². The molecule has 0 saturated carbocycles. The number of hydrogen-bond acceptors (Lipinski definition) is 9. The van der Waals surface area contributed by atoms with Gasteiger partial charge < -0.3 is 46.9 Å². The van der Waals surface area contributed by atoms with Crippen LogP contribution in [0.2, 0.25) is 0 Å². The Bertz CT molecular complexity index is 1460. The summed E-state index contributed by atoms with van der Waals surface area (Å²) in [4.78, 5) is 50.2. The van der Waals surface area contributed by atoms with Gasteiger partial charge in [0.05, 0.1) is 39.9 Å². The molecule has 2 atom stereocenters. The highest BCUT2D eigenvalue weighted by Gasteiger charge is 2.32. The van der Waals surface area contributed by atoms with Crippen molar-refractivity contribution in [3.63, 3.8) is 0 Å². The van der Waals surface area contributed by atoms with Crippen molar-refractivity contribution in [1.29, 1.82) is 0 Å². The summed E-state index contributed by atoms with van der Waals surface area (Å²) in [6, 6.07) is 14.4. The number of nitrogens with zero attached hydrogens (tertiary/aromatic N) is 2. The SMILES string of the molecule is C.CC(C)(C)OC(=O)N1CCC[C@H](C(=O)Nc2ccccc2N)C1.CC(C)(C)OC(=O)N1CCC[C@H](C(=O)O)C1.ClCCl.Nc1ccccc1N.[2H]C#C. The quantitative estimate of drug-likeness (QED) is 0.116. The molecule has 0 bridgehead atoms. The maximum atomic E-state index is 12.4. The summed E-state index contributed by atoms with van der Waals surface area (Å²) in [5.41, 5.74) is 18.0. The van der Waals surface area contributed by atoms with E-state index in [1.165, 1.54) is 11.3 Å². The van der Waals surface area contributed by atoms with E-state index in [1.54, 1.807) is 49.9 Å². The minimum atomic E-state index is -0.840. The minimum absolute atomic E-state index is 0. The van der Waals surface area contributed by atoms with Gasteiger partial charge in [0.2, 0.25) is 5.91 Å². The Hall–Kier alpha value is -4.54. The number of benzene rings is 2. The first-order valence-corrected chi connectivity index (χ1v) is 17.7. The van der Waals surface area contributed by atoms with Crippen molar-refractivity contribution >= 4 is 70.0 Å². The molecule has 0 radical (unpaired) electrons. The molecule has 2 fully saturated rings. The number of amides is 3. The molecule has 0 unspecified atom stereocenters. The molecule has 4 rings (SSSR count). The topological polar surface area (TPSA) is 204 Å². The Labute approximate surface area is 327 Å².